The van der Waals surface area contributed by atoms with E-state index in [2.05, 4.69) is 40.4 Å². The summed E-state index contributed by atoms with van der Waals surface area (Å²) >= 11 is 0. The lowest BCUT2D eigenvalue weighted by atomic mass is 10.2. The van der Waals surface area contributed by atoms with Gasteiger partial charge in [0.25, 0.3) is 0 Å². The number of carbonyl (C=O) groups excluding carboxylic acids is 1. The van der Waals surface area contributed by atoms with Gasteiger partial charge in [0.1, 0.15) is 13.5 Å². The zero-order valence-electron chi connectivity index (χ0n) is 9.61. The Morgan fingerprint density at radius 3 is 2.15 bits per heavy atom. The molecule has 13 heavy (non-hydrogen) atoms. The molecule has 1 nitrogen and oxygen atoms in total. The van der Waals surface area contributed by atoms with Crippen molar-refractivity contribution in [3.8, 4) is 0 Å². The van der Waals surface area contributed by atoms with Crippen molar-refractivity contribution >= 4 is 13.5 Å². The zero-order valence-corrected chi connectivity index (χ0v) is 10.6. The lowest BCUT2D eigenvalue weighted by Gasteiger charge is -2.35. The van der Waals surface area contributed by atoms with Crippen molar-refractivity contribution in [3.05, 3.63) is 12.7 Å². The highest BCUT2D eigenvalue weighted by Crippen LogP contribution is 2.37. The second-order valence-electron chi connectivity index (χ2n) is 5.13. The normalized spacial score (nSPS) is 12.7. The summed E-state index contributed by atoms with van der Waals surface area (Å²) in [5.41, 5.74) is 0. The van der Waals surface area contributed by atoms with Gasteiger partial charge in [-0.1, -0.05) is 39.9 Å². The van der Waals surface area contributed by atoms with Crippen LogP contribution in [0, 0.1) is 0 Å². The minimum Gasteiger partial charge on any atom is -0.305 e. The Morgan fingerprint density at radius 1 is 1.38 bits per heavy atom. The quantitative estimate of drug-likeness (QED) is 0.498. The lowest BCUT2D eigenvalue weighted by molar-refractivity contribution is -0.112. The molecule has 2 heteroatoms. The monoisotopic (exact) mass is 198 g/mol. The third-order valence-corrected chi connectivity index (χ3v) is 8.54. The van der Waals surface area contributed by atoms with Gasteiger partial charge >= 0.3 is 0 Å². The van der Waals surface area contributed by atoms with Gasteiger partial charge in [-0.25, -0.2) is 0 Å². The molecule has 0 N–H and O–H groups in total. The van der Waals surface area contributed by atoms with E-state index in [0.29, 0.717) is 11.8 Å². The summed E-state index contributed by atoms with van der Waals surface area (Å²) in [6.07, 6.45) is 3.33. The highest BCUT2D eigenvalue weighted by atomic mass is 28.3. The van der Waals surface area contributed by atoms with Crippen molar-refractivity contribution in [2.75, 3.05) is 0 Å². The van der Waals surface area contributed by atoms with E-state index in [-0.39, 0.29) is 5.04 Å². The molecule has 0 radical (unpaired) electrons. The average molecular weight is 198 g/mol. The first kappa shape index (κ1) is 12.6. The summed E-state index contributed by atoms with van der Waals surface area (Å²) < 4.78 is 0. The van der Waals surface area contributed by atoms with Crippen LogP contribution in [0.1, 0.15) is 33.6 Å². The fourth-order valence-corrected chi connectivity index (χ4v) is 2.57. The molecular weight excluding hydrogens is 176 g/mol. The predicted molar refractivity (Wildman–Crippen MR) is 61.6 cm³/mol. The summed E-state index contributed by atoms with van der Waals surface area (Å²) in [5, 5.41) is 0.644. The predicted octanol–water partition coefficient (Wildman–Crippen LogP) is 3.57. The Kier molecular flexibility index (Phi) is 4.10. The van der Waals surface area contributed by atoms with Crippen LogP contribution in [-0.2, 0) is 4.79 Å². The minimum atomic E-state index is -1.73. The summed E-state index contributed by atoms with van der Waals surface area (Å²) in [7, 11) is -1.73. The Morgan fingerprint density at radius 2 is 1.85 bits per heavy atom. The smallest absolute Gasteiger partial charge is 0.132 e. The average Bonchev–Trinajstić information content (AvgIpc) is 1.97. The molecule has 0 aromatic heterocycles. The van der Waals surface area contributed by atoms with Crippen molar-refractivity contribution in [3.63, 3.8) is 0 Å². The molecule has 0 spiro atoms. The van der Waals surface area contributed by atoms with E-state index in [1.807, 2.05) is 6.08 Å². The molecule has 0 saturated carbocycles. The van der Waals surface area contributed by atoms with Gasteiger partial charge in [0, 0.05) is 6.42 Å². The van der Waals surface area contributed by atoms with Gasteiger partial charge in [-0.2, -0.15) is 0 Å². The van der Waals surface area contributed by atoms with Gasteiger partial charge < -0.3 is 4.79 Å². The molecule has 0 amide bonds. The molecule has 0 saturated heterocycles. The van der Waals surface area contributed by atoms with Crippen LogP contribution in [0.4, 0.5) is 0 Å². The maximum Gasteiger partial charge on any atom is 0.132 e. The van der Waals surface area contributed by atoms with Gasteiger partial charge in [-0.15, -0.1) is 6.58 Å². The molecule has 0 fully saturated rings. The van der Waals surface area contributed by atoms with E-state index in [0.717, 1.165) is 6.42 Å². The zero-order chi connectivity index (χ0) is 10.7. The van der Waals surface area contributed by atoms with Crippen molar-refractivity contribution in [2.24, 2.45) is 0 Å². The first-order valence-corrected chi connectivity index (χ1v) is 7.87. The maximum atomic E-state index is 11.9. The topological polar surface area (TPSA) is 17.1 Å². The van der Waals surface area contributed by atoms with Crippen LogP contribution >= 0.6 is 0 Å². The van der Waals surface area contributed by atoms with Crippen molar-refractivity contribution < 1.29 is 4.79 Å². The fraction of sp³-hybridized carbons (Fsp3) is 0.727. The van der Waals surface area contributed by atoms with E-state index in [4.69, 9.17) is 0 Å². The summed E-state index contributed by atoms with van der Waals surface area (Å²) in [6.45, 7) is 14.5. The third kappa shape index (κ3) is 3.11. The number of carbonyl (C=O) groups is 1. The lowest BCUT2D eigenvalue weighted by Crippen LogP contribution is -2.46. The van der Waals surface area contributed by atoms with E-state index >= 15 is 0 Å². The van der Waals surface area contributed by atoms with Crippen LogP contribution < -0.4 is 0 Å². The van der Waals surface area contributed by atoms with Gasteiger partial charge in [0.05, 0.1) is 0 Å². The summed E-state index contributed by atoms with van der Waals surface area (Å²) in [6, 6.07) is 0. The van der Waals surface area contributed by atoms with Crippen LogP contribution in [0.15, 0.2) is 12.7 Å². The van der Waals surface area contributed by atoms with Crippen molar-refractivity contribution in [1.82, 2.24) is 0 Å². The van der Waals surface area contributed by atoms with Crippen LogP contribution in [0.5, 0.6) is 0 Å². The van der Waals surface area contributed by atoms with Crippen LogP contribution in [0.2, 0.25) is 18.1 Å². The number of allylic oxidation sites excluding steroid dienone is 1. The second kappa shape index (κ2) is 4.23. The van der Waals surface area contributed by atoms with Gasteiger partial charge in [0.2, 0.25) is 0 Å². The first-order chi connectivity index (χ1) is 5.73. The van der Waals surface area contributed by atoms with E-state index in [1.54, 1.807) is 0 Å². The molecule has 0 rings (SSSR count). The molecule has 76 valence electrons. The fourth-order valence-electron chi connectivity index (χ4n) is 0.964. The van der Waals surface area contributed by atoms with Crippen LogP contribution in [-0.4, -0.2) is 13.5 Å². The maximum absolute atomic E-state index is 11.9. The van der Waals surface area contributed by atoms with Gasteiger partial charge in [-0.3, -0.25) is 0 Å². The number of rotatable bonds is 4. The minimum absolute atomic E-state index is 0.172. The van der Waals surface area contributed by atoms with E-state index in [9.17, 15) is 4.79 Å². The molecule has 0 aliphatic carbocycles. The third-order valence-electron chi connectivity index (χ3n) is 3.15. The summed E-state index contributed by atoms with van der Waals surface area (Å²) in [5.74, 6) is 0. The molecule has 0 atom stereocenters. The van der Waals surface area contributed by atoms with Gasteiger partial charge in [-0.05, 0) is 11.5 Å². The SMILES string of the molecule is C=CCCC(=O)[Si](C)(C)C(C)(C)C. The number of hydrogen-bond donors (Lipinski definition) is 0. The molecule has 0 aromatic rings. The van der Waals surface area contributed by atoms with Crippen molar-refractivity contribution in [2.45, 2.75) is 51.7 Å². The molecule has 0 heterocycles. The molecule has 0 bridgehead atoms. The molecule has 0 aromatic carbocycles. The standard InChI is InChI=1S/C11H22OSi/c1-7-8-9-10(12)13(5,6)11(2,3)4/h7H,1,8-9H2,2-6H3. The first-order valence-electron chi connectivity index (χ1n) is 4.87. The molecule has 0 unspecified atom stereocenters. The highest BCUT2D eigenvalue weighted by molar-refractivity contribution is 7.06. The highest BCUT2D eigenvalue weighted by Gasteiger charge is 2.41. The molecule has 0 aliphatic rings. The molecular formula is C11H22OSi. The Balaban J connectivity index is 4.45. The largest absolute Gasteiger partial charge is 0.305 e. The van der Waals surface area contributed by atoms with Gasteiger partial charge in [0.15, 0.2) is 0 Å². The van der Waals surface area contributed by atoms with E-state index in [1.165, 1.54) is 0 Å². The van der Waals surface area contributed by atoms with Crippen molar-refractivity contribution in [1.29, 1.82) is 0 Å². The van der Waals surface area contributed by atoms with Crippen LogP contribution in [0.3, 0.4) is 0 Å². The Labute approximate surface area is 83.2 Å². The second-order valence-corrected chi connectivity index (χ2v) is 10.4. The number of hydrogen-bond acceptors (Lipinski definition) is 1. The van der Waals surface area contributed by atoms with E-state index < -0.39 is 8.07 Å². The Bertz CT molecular complexity index is 199. The molecule has 0 aliphatic heterocycles. The summed E-state index contributed by atoms with van der Waals surface area (Å²) in [4.78, 5) is 11.9. The Hall–Kier alpha value is -0.373. The van der Waals surface area contributed by atoms with Crippen LogP contribution in [0.25, 0.3) is 0 Å².